The molecule has 8 nitrogen and oxygen atoms in total. The number of fused-ring (bicyclic) bond motifs is 1. The van der Waals surface area contributed by atoms with Crippen LogP contribution in [0, 0.1) is 0 Å². The molecule has 8 heteroatoms. The van der Waals surface area contributed by atoms with Crippen molar-refractivity contribution in [2.75, 3.05) is 33.3 Å². The molecular formula is C21H19NO7. The summed E-state index contributed by atoms with van der Waals surface area (Å²) in [5, 5.41) is 13.1. The molecule has 2 aliphatic heterocycles. The molecule has 2 aromatic rings. The first-order chi connectivity index (χ1) is 14.0. The Bertz CT molecular complexity index is 1060. The average molecular weight is 397 g/mol. The second-order valence-corrected chi connectivity index (χ2v) is 6.57. The SMILES string of the molecule is COc1cc(C2C3=C(COC3=O)Nc3c2cc(OC)c(OC)c3C=O)ccc1O. The number of hydrogen-bond donors (Lipinski definition) is 2. The van der Waals surface area contributed by atoms with Crippen LogP contribution in [-0.4, -0.2) is 45.3 Å². The number of carbonyl (C=O) groups excluding carboxylic acids is 2. The van der Waals surface area contributed by atoms with Gasteiger partial charge in [0.25, 0.3) is 0 Å². The van der Waals surface area contributed by atoms with Gasteiger partial charge in [-0.25, -0.2) is 4.79 Å². The van der Waals surface area contributed by atoms with Gasteiger partial charge < -0.3 is 29.4 Å². The molecule has 0 amide bonds. The summed E-state index contributed by atoms with van der Waals surface area (Å²) in [6, 6.07) is 6.58. The first-order valence-corrected chi connectivity index (χ1v) is 8.82. The number of benzene rings is 2. The lowest BCUT2D eigenvalue weighted by atomic mass is 9.80. The highest BCUT2D eigenvalue weighted by Gasteiger charge is 2.40. The van der Waals surface area contributed by atoms with Crippen molar-refractivity contribution in [1.82, 2.24) is 0 Å². The summed E-state index contributed by atoms with van der Waals surface area (Å²) in [5.41, 5.74) is 3.16. The lowest BCUT2D eigenvalue weighted by Crippen LogP contribution is -2.21. The summed E-state index contributed by atoms with van der Waals surface area (Å²) in [5.74, 6) is -0.0880. The predicted octanol–water partition coefficient (Wildman–Crippen LogP) is 2.60. The molecule has 1 atom stereocenters. The second kappa shape index (κ2) is 7.05. The van der Waals surface area contributed by atoms with E-state index in [1.54, 1.807) is 18.2 Å². The number of rotatable bonds is 5. The van der Waals surface area contributed by atoms with E-state index in [0.717, 1.165) is 0 Å². The third-order valence-electron chi connectivity index (χ3n) is 5.16. The normalized spacial score (nSPS) is 17.1. The molecule has 0 spiro atoms. The highest BCUT2D eigenvalue weighted by atomic mass is 16.5. The van der Waals surface area contributed by atoms with Crippen molar-refractivity contribution < 1.29 is 33.6 Å². The van der Waals surface area contributed by atoms with Crippen molar-refractivity contribution in [1.29, 1.82) is 0 Å². The molecule has 0 saturated carbocycles. The number of cyclic esters (lactones) is 1. The van der Waals surface area contributed by atoms with Crippen molar-refractivity contribution in [2.24, 2.45) is 0 Å². The molecule has 0 radical (unpaired) electrons. The number of phenolic OH excluding ortho intramolecular Hbond substituents is 1. The molecule has 2 heterocycles. The first-order valence-electron chi connectivity index (χ1n) is 8.82. The van der Waals surface area contributed by atoms with E-state index in [1.807, 2.05) is 0 Å². The number of hydrogen-bond acceptors (Lipinski definition) is 8. The van der Waals surface area contributed by atoms with Crippen LogP contribution in [0.4, 0.5) is 5.69 Å². The van der Waals surface area contributed by atoms with Crippen LogP contribution in [0.2, 0.25) is 0 Å². The Morgan fingerprint density at radius 2 is 1.90 bits per heavy atom. The van der Waals surface area contributed by atoms with Crippen LogP contribution < -0.4 is 19.5 Å². The van der Waals surface area contributed by atoms with E-state index in [0.29, 0.717) is 45.9 Å². The quantitative estimate of drug-likeness (QED) is 0.586. The number of carbonyl (C=O) groups is 2. The van der Waals surface area contributed by atoms with Crippen LogP contribution in [0.5, 0.6) is 23.0 Å². The van der Waals surface area contributed by atoms with E-state index < -0.39 is 11.9 Å². The van der Waals surface area contributed by atoms with Gasteiger partial charge in [0.15, 0.2) is 29.3 Å². The van der Waals surface area contributed by atoms with Crippen LogP contribution >= 0.6 is 0 Å². The van der Waals surface area contributed by atoms with E-state index in [4.69, 9.17) is 18.9 Å². The zero-order valence-electron chi connectivity index (χ0n) is 16.1. The van der Waals surface area contributed by atoms with E-state index in [2.05, 4.69) is 5.32 Å². The highest BCUT2D eigenvalue weighted by molar-refractivity contribution is 6.00. The molecule has 1 unspecified atom stereocenters. The Labute approximate surface area is 166 Å². The molecule has 150 valence electrons. The third kappa shape index (κ3) is 2.75. The molecule has 0 aromatic heterocycles. The van der Waals surface area contributed by atoms with Crippen LogP contribution in [0.15, 0.2) is 35.5 Å². The molecule has 0 aliphatic carbocycles. The number of nitrogens with one attached hydrogen (secondary N) is 1. The van der Waals surface area contributed by atoms with Crippen molar-refractivity contribution >= 4 is 17.9 Å². The van der Waals surface area contributed by atoms with Crippen LogP contribution in [-0.2, 0) is 9.53 Å². The summed E-state index contributed by atoms with van der Waals surface area (Å²) in [6.45, 7) is 0.0754. The fraction of sp³-hybridized carbons (Fsp3) is 0.238. The number of aromatic hydroxyl groups is 1. The fourth-order valence-corrected chi connectivity index (χ4v) is 3.86. The maximum atomic E-state index is 12.5. The maximum Gasteiger partial charge on any atom is 0.337 e. The van der Waals surface area contributed by atoms with Crippen molar-refractivity contribution in [3.8, 4) is 23.0 Å². The van der Waals surface area contributed by atoms with Gasteiger partial charge in [-0.1, -0.05) is 6.07 Å². The summed E-state index contributed by atoms with van der Waals surface area (Å²) in [7, 11) is 4.37. The van der Waals surface area contributed by atoms with Gasteiger partial charge in [0.05, 0.1) is 43.9 Å². The average Bonchev–Trinajstić information content (AvgIpc) is 3.11. The van der Waals surface area contributed by atoms with Crippen molar-refractivity contribution in [2.45, 2.75) is 5.92 Å². The number of methoxy groups -OCH3 is 3. The van der Waals surface area contributed by atoms with E-state index >= 15 is 0 Å². The molecule has 29 heavy (non-hydrogen) atoms. The Kier molecular flexibility index (Phi) is 4.54. The number of ether oxygens (including phenoxy) is 4. The van der Waals surface area contributed by atoms with Crippen LogP contribution in [0.1, 0.15) is 27.4 Å². The highest BCUT2D eigenvalue weighted by Crippen LogP contribution is 2.50. The Morgan fingerprint density at radius 1 is 1.14 bits per heavy atom. The van der Waals surface area contributed by atoms with Gasteiger partial charge in [0.1, 0.15) is 6.61 Å². The van der Waals surface area contributed by atoms with Crippen molar-refractivity contribution in [3.63, 3.8) is 0 Å². The summed E-state index contributed by atoms with van der Waals surface area (Å²) < 4.78 is 21.3. The molecule has 2 aromatic carbocycles. The summed E-state index contributed by atoms with van der Waals surface area (Å²) in [6.07, 6.45) is 0.685. The standard InChI is InChI=1S/C21H19NO7/c1-26-15-6-10(4-5-14(15)24)17-11-7-16(27-2)20(28-3)12(8-23)19(11)22-13-9-29-21(25)18(13)17/h4-8,17,22,24H,9H2,1-3H3. The number of aldehydes is 1. The Hall–Kier alpha value is -3.68. The smallest absolute Gasteiger partial charge is 0.337 e. The predicted molar refractivity (Wildman–Crippen MR) is 103 cm³/mol. The van der Waals surface area contributed by atoms with Gasteiger partial charge in [0.2, 0.25) is 0 Å². The molecule has 0 fully saturated rings. The van der Waals surface area contributed by atoms with Crippen LogP contribution in [0.3, 0.4) is 0 Å². The van der Waals surface area contributed by atoms with Gasteiger partial charge in [-0.15, -0.1) is 0 Å². The largest absolute Gasteiger partial charge is 0.504 e. The van der Waals surface area contributed by atoms with E-state index in [-0.39, 0.29) is 23.7 Å². The minimum Gasteiger partial charge on any atom is -0.504 e. The van der Waals surface area contributed by atoms with E-state index in [9.17, 15) is 14.7 Å². The minimum absolute atomic E-state index is 0.0190. The van der Waals surface area contributed by atoms with Gasteiger partial charge >= 0.3 is 5.97 Å². The molecule has 2 aliphatic rings. The monoisotopic (exact) mass is 397 g/mol. The molecule has 0 saturated heterocycles. The van der Waals surface area contributed by atoms with Gasteiger partial charge in [0, 0.05) is 5.92 Å². The number of anilines is 1. The third-order valence-corrected chi connectivity index (χ3v) is 5.16. The van der Waals surface area contributed by atoms with Gasteiger partial charge in [-0.05, 0) is 29.3 Å². The molecular weight excluding hydrogens is 378 g/mol. The second-order valence-electron chi connectivity index (χ2n) is 6.57. The molecule has 4 rings (SSSR count). The first kappa shape index (κ1) is 18.7. The van der Waals surface area contributed by atoms with Gasteiger partial charge in [-0.2, -0.15) is 0 Å². The Balaban J connectivity index is 2.02. The molecule has 0 bridgehead atoms. The zero-order chi connectivity index (χ0) is 20.7. The Morgan fingerprint density at radius 3 is 2.55 bits per heavy atom. The lowest BCUT2D eigenvalue weighted by molar-refractivity contribution is -0.136. The van der Waals surface area contributed by atoms with E-state index in [1.165, 1.54) is 27.4 Å². The fourth-order valence-electron chi connectivity index (χ4n) is 3.86. The summed E-state index contributed by atoms with van der Waals surface area (Å²) in [4.78, 5) is 24.5. The lowest BCUT2D eigenvalue weighted by Gasteiger charge is -2.29. The zero-order valence-corrected chi connectivity index (χ0v) is 16.1. The van der Waals surface area contributed by atoms with Crippen molar-refractivity contribution in [3.05, 3.63) is 52.2 Å². The molecule has 2 N–H and O–H groups in total. The minimum atomic E-state index is -0.552. The van der Waals surface area contributed by atoms with Gasteiger partial charge in [-0.3, -0.25) is 4.79 Å². The maximum absolute atomic E-state index is 12.5. The van der Waals surface area contributed by atoms with Crippen LogP contribution in [0.25, 0.3) is 0 Å². The topological polar surface area (TPSA) is 103 Å². The summed E-state index contributed by atoms with van der Waals surface area (Å²) >= 11 is 0. The number of esters is 1. The number of phenols is 1.